The Morgan fingerprint density at radius 1 is 1.38 bits per heavy atom. The van der Waals surface area contributed by atoms with Gasteiger partial charge in [0.2, 0.25) is 0 Å². The van der Waals surface area contributed by atoms with Crippen molar-refractivity contribution in [3.8, 4) is 0 Å². The zero-order valence-corrected chi connectivity index (χ0v) is 11.0. The number of rotatable bonds is 3. The van der Waals surface area contributed by atoms with Crippen molar-refractivity contribution in [2.75, 3.05) is 11.9 Å². The molecule has 0 radical (unpaired) electrons. The number of hydrogen-bond acceptors (Lipinski definition) is 3. The van der Waals surface area contributed by atoms with E-state index in [4.69, 9.17) is 5.73 Å². The predicted molar refractivity (Wildman–Crippen MR) is 73.6 cm³/mol. The van der Waals surface area contributed by atoms with Crippen molar-refractivity contribution in [1.82, 2.24) is 0 Å². The lowest BCUT2D eigenvalue weighted by Crippen LogP contribution is -2.52. The maximum absolute atomic E-state index is 13.8. The third-order valence-corrected chi connectivity index (χ3v) is 3.56. The Hall–Kier alpha value is -2.15. The third-order valence-electron chi connectivity index (χ3n) is 3.56. The Morgan fingerprint density at radius 3 is 2.52 bits per heavy atom. The fourth-order valence-electron chi connectivity index (χ4n) is 2.56. The van der Waals surface area contributed by atoms with E-state index in [1.807, 2.05) is 0 Å². The minimum atomic E-state index is -4.74. The molecule has 0 fully saturated rings. The molecule has 0 aromatic heterocycles. The van der Waals surface area contributed by atoms with Crippen molar-refractivity contribution in [2.45, 2.75) is 11.6 Å². The molecule has 1 atom stereocenters. The molecule has 0 spiro atoms. The van der Waals surface area contributed by atoms with E-state index in [1.165, 1.54) is 6.07 Å². The van der Waals surface area contributed by atoms with E-state index in [0.29, 0.717) is 0 Å². The maximum Gasteiger partial charge on any atom is 0.403 e. The molecule has 1 aromatic rings. The minimum Gasteiger partial charge on any atom is -0.340 e. The van der Waals surface area contributed by atoms with Crippen LogP contribution in [0.4, 0.5) is 23.2 Å². The highest BCUT2D eigenvalue weighted by molar-refractivity contribution is 5.68. The van der Waals surface area contributed by atoms with Gasteiger partial charge in [-0.05, 0) is 30.5 Å². The van der Waals surface area contributed by atoms with E-state index in [9.17, 15) is 17.6 Å². The highest BCUT2D eigenvalue weighted by Gasteiger charge is 2.60. The van der Waals surface area contributed by atoms with Crippen molar-refractivity contribution in [3.05, 3.63) is 53.6 Å². The van der Waals surface area contributed by atoms with Gasteiger partial charge < -0.3 is 11.1 Å². The Balaban J connectivity index is 2.91. The molecule has 1 aromatic carbocycles. The van der Waals surface area contributed by atoms with E-state index >= 15 is 0 Å². The lowest BCUT2D eigenvalue weighted by atomic mass is 9.70. The van der Waals surface area contributed by atoms with Crippen LogP contribution in [-0.4, -0.2) is 19.4 Å². The largest absolute Gasteiger partial charge is 0.403 e. The summed E-state index contributed by atoms with van der Waals surface area (Å²) in [4.78, 5) is 3.58. The molecule has 1 aliphatic heterocycles. The first kappa shape index (κ1) is 15.2. The number of alkyl halides is 3. The molecule has 0 amide bonds. The Kier molecular flexibility index (Phi) is 3.63. The second kappa shape index (κ2) is 5.00. The Bertz CT molecular complexity index is 634. The first-order chi connectivity index (χ1) is 9.81. The number of halogens is 4. The second-order valence-corrected chi connectivity index (χ2v) is 4.55. The molecule has 0 saturated carbocycles. The summed E-state index contributed by atoms with van der Waals surface area (Å²) in [6.45, 7) is 5.86. The molecular formula is C14H13F4N3. The van der Waals surface area contributed by atoms with Crippen LogP contribution < -0.4 is 11.1 Å². The molecular weight excluding hydrogens is 286 g/mol. The van der Waals surface area contributed by atoms with Gasteiger partial charge in [-0.3, -0.25) is 0 Å². The summed E-state index contributed by atoms with van der Waals surface area (Å²) < 4.78 is 54.8. The van der Waals surface area contributed by atoms with Crippen molar-refractivity contribution >= 4 is 12.4 Å². The van der Waals surface area contributed by atoms with Crippen LogP contribution in [0.15, 0.2) is 47.2 Å². The monoisotopic (exact) mass is 299 g/mol. The van der Waals surface area contributed by atoms with Crippen LogP contribution in [-0.2, 0) is 5.41 Å². The standard InChI is InChI=1S/C14H13F4N3/c1-3-9-12(20-2)21-11-5-4-8(15)6-10(11)13(9,7-19)14(16,17)18/h3-6,21H,1-2,7,19H2. The van der Waals surface area contributed by atoms with Crippen LogP contribution in [0.1, 0.15) is 5.56 Å². The summed E-state index contributed by atoms with van der Waals surface area (Å²) in [5, 5.41) is 2.69. The van der Waals surface area contributed by atoms with Crippen LogP contribution in [0.3, 0.4) is 0 Å². The van der Waals surface area contributed by atoms with Crippen molar-refractivity contribution in [1.29, 1.82) is 0 Å². The number of nitrogens with zero attached hydrogens (tertiary/aromatic N) is 1. The number of allylic oxidation sites excluding steroid dienone is 1. The summed E-state index contributed by atoms with van der Waals surface area (Å²) in [7, 11) is 0. The highest BCUT2D eigenvalue weighted by atomic mass is 19.4. The number of anilines is 1. The number of aliphatic imine (C=N–C) groups is 1. The Morgan fingerprint density at radius 2 is 2.05 bits per heavy atom. The van der Waals surface area contributed by atoms with Gasteiger partial charge in [0.25, 0.3) is 0 Å². The SMILES string of the molecule is C=CC1=C(N=C)Nc2ccc(F)cc2C1(CN)C(F)(F)F. The molecule has 1 unspecified atom stereocenters. The van der Waals surface area contributed by atoms with Gasteiger partial charge in [0.1, 0.15) is 17.1 Å². The highest BCUT2D eigenvalue weighted by Crippen LogP contribution is 2.52. The van der Waals surface area contributed by atoms with Crippen molar-refractivity contribution in [2.24, 2.45) is 10.7 Å². The first-order valence-corrected chi connectivity index (χ1v) is 5.99. The van der Waals surface area contributed by atoms with Gasteiger partial charge in [-0.1, -0.05) is 12.7 Å². The van der Waals surface area contributed by atoms with Gasteiger partial charge in [-0.15, -0.1) is 0 Å². The smallest absolute Gasteiger partial charge is 0.340 e. The summed E-state index contributed by atoms with van der Waals surface area (Å²) >= 11 is 0. The molecule has 0 aliphatic carbocycles. The lowest BCUT2D eigenvalue weighted by molar-refractivity contribution is -0.176. The van der Waals surface area contributed by atoms with Gasteiger partial charge in [0, 0.05) is 17.8 Å². The summed E-state index contributed by atoms with van der Waals surface area (Å²) in [6.07, 6.45) is -3.73. The van der Waals surface area contributed by atoms with Crippen molar-refractivity contribution in [3.63, 3.8) is 0 Å². The molecule has 2 rings (SSSR count). The van der Waals surface area contributed by atoms with Crippen LogP contribution in [0.2, 0.25) is 0 Å². The van der Waals surface area contributed by atoms with E-state index in [1.54, 1.807) is 0 Å². The van der Waals surface area contributed by atoms with E-state index < -0.39 is 24.0 Å². The quantitative estimate of drug-likeness (QED) is 0.665. The maximum atomic E-state index is 13.8. The topological polar surface area (TPSA) is 50.4 Å². The summed E-state index contributed by atoms with van der Waals surface area (Å²) in [5.74, 6) is -0.872. The van der Waals surface area contributed by atoms with E-state index in [-0.39, 0.29) is 22.6 Å². The lowest BCUT2D eigenvalue weighted by Gasteiger charge is -2.41. The molecule has 3 N–H and O–H groups in total. The van der Waals surface area contributed by atoms with E-state index in [2.05, 4.69) is 23.6 Å². The van der Waals surface area contributed by atoms with Gasteiger partial charge in [-0.25, -0.2) is 9.38 Å². The van der Waals surface area contributed by atoms with Crippen LogP contribution >= 0.6 is 0 Å². The fraction of sp³-hybridized carbons (Fsp3) is 0.214. The number of fused-ring (bicyclic) bond motifs is 1. The molecule has 0 bridgehead atoms. The number of nitrogens with one attached hydrogen (secondary N) is 1. The summed E-state index contributed by atoms with van der Waals surface area (Å²) in [5.41, 5.74) is 2.41. The number of hydrogen-bond donors (Lipinski definition) is 2. The molecule has 0 saturated heterocycles. The average molecular weight is 299 g/mol. The van der Waals surface area contributed by atoms with Gasteiger partial charge in [-0.2, -0.15) is 13.2 Å². The number of benzene rings is 1. The number of nitrogens with two attached hydrogens (primary N) is 1. The molecule has 3 nitrogen and oxygen atoms in total. The average Bonchev–Trinajstić information content (AvgIpc) is 2.43. The van der Waals surface area contributed by atoms with Gasteiger partial charge in [0.15, 0.2) is 0 Å². The molecule has 112 valence electrons. The minimum absolute atomic E-state index is 0.0900. The Labute approximate surface area is 118 Å². The second-order valence-electron chi connectivity index (χ2n) is 4.55. The predicted octanol–water partition coefficient (Wildman–Crippen LogP) is 3.11. The molecule has 7 heteroatoms. The third kappa shape index (κ3) is 2.04. The first-order valence-electron chi connectivity index (χ1n) is 5.99. The van der Waals surface area contributed by atoms with E-state index in [0.717, 1.165) is 18.2 Å². The van der Waals surface area contributed by atoms with Gasteiger partial charge >= 0.3 is 6.18 Å². The fourth-order valence-corrected chi connectivity index (χ4v) is 2.56. The summed E-state index contributed by atoms with van der Waals surface area (Å²) in [6, 6.07) is 3.10. The molecule has 21 heavy (non-hydrogen) atoms. The van der Waals surface area contributed by atoms with Crippen molar-refractivity contribution < 1.29 is 17.6 Å². The van der Waals surface area contributed by atoms with Crippen LogP contribution in [0, 0.1) is 5.82 Å². The van der Waals surface area contributed by atoms with Crippen LogP contribution in [0.5, 0.6) is 0 Å². The molecule has 1 heterocycles. The zero-order chi connectivity index (χ0) is 15.8. The normalized spacial score (nSPS) is 21.6. The van der Waals surface area contributed by atoms with Gasteiger partial charge in [0.05, 0.1) is 0 Å². The molecule has 1 aliphatic rings. The zero-order valence-electron chi connectivity index (χ0n) is 11.0. The van der Waals surface area contributed by atoms with Crippen LogP contribution in [0.25, 0.3) is 0 Å².